The van der Waals surface area contributed by atoms with Crippen LogP contribution in [0.1, 0.15) is 19.7 Å². The molecule has 0 amide bonds. The lowest BCUT2D eigenvalue weighted by Crippen LogP contribution is -2.35. The number of morpholine rings is 1. The Balaban J connectivity index is 1.75. The van der Waals surface area contributed by atoms with Crippen molar-refractivity contribution in [3.63, 3.8) is 0 Å². The summed E-state index contributed by atoms with van der Waals surface area (Å²) in [4.78, 5) is 6.41. The molecule has 0 radical (unpaired) electrons. The molecule has 7 heteroatoms. The van der Waals surface area contributed by atoms with Crippen molar-refractivity contribution >= 4 is 5.69 Å². The van der Waals surface area contributed by atoms with Gasteiger partial charge in [-0.1, -0.05) is 0 Å². The Kier molecular flexibility index (Phi) is 4.65. The summed E-state index contributed by atoms with van der Waals surface area (Å²) in [5.41, 5.74) is 1.78. The van der Waals surface area contributed by atoms with Crippen molar-refractivity contribution in [2.45, 2.75) is 26.4 Å². The Morgan fingerprint density at radius 2 is 2.09 bits per heavy atom. The average molecular weight is 303 g/mol. The quantitative estimate of drug-likeness (QED) is 0.902. The highest BCUT2D eigenvalue weighted by atomic mass is 16.5. The van der Waals surface area contributed by atoms with Crippen LogP contribution in [0.3, 0.4) is 0 Å². The molecule has 1 aliphatic rings. The Morgan fingerprint density at radius 1 is 1.27 bits per heavy atom. The largest absolute Gasteiger partial charge is 0.419 e. The fourth-order valence-corrected chi connectivity index (χ4v) is 2.38. The third-order valence-electron chi connectivity index (χ3n) is 3.43. The molecule has 0 unspecified atom stereocenters. The fourth-order valence-electron chi connectivity index (χ4n) is 2.38. The molecule has 1 aliphatic heterocycles. The topological polar surface area (TPSA) is 76.3 Å². The van der Waals surface area contributed by atoms with E-state index in [-0.39, 0.29) is 0 Å². The summed E-state index contributed by atoms with van der Waals surface area (Å²) >= 11 is 0. The molecule has 0 aliphatic carbocycles. The molecule has 3 heterocycles. The van der Waals surface area contributed by atoms with Crippen LogP contribution in [0.15, 0.2) is 22.9 Å². The van der Waals surface area contributed by atoms with Crippen LogP contribution < -0.4 is 5.32 Å². The molecule has 7 nitrogen and oxygen atoms in total. The SMILES string of the molecule is CC(C)Nc1ccncc1-c1nnc(CN2CCOCC2)o1. The first-order valence-electron chi connectivity index (χ1n) is 7.56. The van der Waals surface area contributed by atoms with Crippen LogP contribution in [-0.2, 0) is 11.3 Å². The summed E-state index contributed by atoms with van der Waals surface area (Å²) in [7, 11) is 0. The molecule has 1 N–H and O–H groups in total. The lowest BCUT2D eigenvalue weighted by Gasteiger charge is -2.24. The Hall–Kier alpha value is -1.99. The van der Waals surface area contributed by atoms with Gasteiger partial charge >= 0.3 is 0 Å². The molecule has 2 aromatic rings. The van der Waals surface area contributed by atoms with Crippen LogP contribution in [-0.4, -0.2) is 52.4 Å². The molecule has 0 bridgehead atoms. The molecular formula is C15H21N5O2. The molecule has 1 fully saturated rings. The van der Waals surface area contributed by atoms with E-state index in [4.69, 9.17) is 9.15 Å². The van der Waals surface area contributed by atoms with Gasteiger partial charge in [-0.3, -0.25) is 9.88 Å². The van der Waals surface area contributed by atoms with Gasteiger partial charge in [0.1, 0.15) is 0 Å². The molecule has 22 heavy (non-hydrogen) atoms. The molecule has 3 rings (SSSR count). The van der Waals surface area contributed by atoms with E-state index in [9.17, 15) is 0 Å². The number of rotatable bonds is 5. The maximum Gasteiger partial charge on any atom is 0.251 e. The number of aromatic nitrogens is 3. The van der Waals surface area contributed by atoms with E-state index >= 15 is 0 Å². The van der Waals surface area contributed by atoms with Gasteiger partial charge in [0.25, 0.3) is 5.89 Å². The van der Waals surface area contributed by atoms with Gasteiger partial charge in [0.2, 0.25) is 5.89 Å². The zero-order chi connectivity index (χ0) is 15.4. The summed E-state index contributed by atoms with van der Waals surface area (Å²) < 4.78 is 11.1. The molecule has 2 aromatic heterocycles. The van der Waals surface area contributed by atoms with Crippen molar-refractivity contribution in [1.29, 1.82) is 0 Å². The molecule has 0 aromatic carbocycles. The number of pyridine rings is 1. The summed E-state index contributed by atoms with van der Waals surface area (Å²) in [6, 6.07) is 2.23. The second-order valence-electron chi connectivity index (χ2n) is 5.61. The maximum absolute atomic E-state index is 5.81. The Morgan fingerprint density at radius 3 is 2.86 bits per heavy atom. The number of anilines is 1. The molecule has 1 saturated heterocycles. The zero-order valence-corrected chi connectivity index (χ0v) is 13.0. The number of nitrogens with zero attached hydrogens (tertiary/aromatic N) is 4. The monoisotopic (exact) mass is 303 g/mol. The van der Waals surface area contributed by atoms with Crippen LogP contribution in [0, 0.1) is 0 Å². The third-order valence-corrected chi connectivity index (χ3v) is 3.43. The highest BCUT2D eigenvalue weighted by molar-refractivity contribution is 5.71. The lowest BCUT2D eigenvalue weighted by molar-refractivity contribution is 0.0306. The fraction of sp³-hybridized carbons (Fsp3) is 0.533. The summed E-state index contributed by atoms with van der Waals surface area (Å²) in [6.45, 7) is 8.13. The highest BCUT2D eigenvalue weighted by Crippen LogP contribution is 2.26. The molecule has 0 saturated carbocycles. The number of nitrogens with one attached hydrogen (secondary N) is 1. The standard InChI is InChI=1S/C15H21N5O2/c1-11(2)17-13-3-4-16-9-12(13)15-19-18-14(22-15)10-20-5-7-21-8-6-20/h3-4,9,11H,5-8,10H2,1-2H3,(H,16,17). The van der Waals surface area contributed by atoms with E-state index < -0.39 is 0 Å². The smallest absolute Gasteiger partial charge is 0.251 e. The first-order chi connectivity index (χ1) is 10.7. The Bertz CT molecular complexity index is 607. The first kappa shape index (κ1) is 14.9. The van der Waals surface area contributed by atoms with E-state index in [0.29, 0.717) is 24.4 Å². The molecule has 0 atom stereocenters. The summed E-state index contributed by atoms with van der Waals surface area (Å²) in [5, 5.41) is 11.7. The van der Waals surface area contributed by atoms with Crippen molar-refractivity contribution in [1.82, 2.24) is 20.1 Å². The van der Waals surface area contributed by atoms with Gasteiger partial charge in [-0.25, -0.2) is 0 Å². The second-order valence-corrected chi connectivity index (χ2v) is 5.61. The average Bonchev–Trinajstić information content (AvgIpc) is 2.96. The molecular weight excluding hydrogens is 282 g/mol. The highest BCUT2D eigenvalue weighted by Gasteiger charge is 2.17. The van der Waals surface area contributed by atoms with Crippen LogP contribution in [0.2, 0.25) is 0 Å². The van der Waals surface area contributed by atoms with Gasteiger partial charge in [0.05, 0.1) is 31.0 Å². The minimum Gasteiger partial charge on any atom is -0.419 e. The molecule has 0 spiro atoms. The normalized spacial score (nSPS) is 16.1. The summed E-state index contributed by atoms with van der Waals surface area (Å²) in [6.07, 6.45) is 3.50. The maximum atomic E-state index is 5.81. The van der Waals surface area contributed by atoms with E-state index in [1.54, 1.807) is 12.4 Å². The lowest BCUT2D eigenvalue weighted by atomic mass is 10.2. The van der Waals surface area contributed by atoms with Gasteiger partial charge in [-0.2, -0.15) is 0 Å². The zero-order valence-electron chi connectivity index (χ0n) is 13.0. The van der Waals surface area contributed by atoms with Crippen molar-refractivity contribution in [2.24, 2.45) is 0 Å². The van der Waals surface area contributed by atoms with Crippen LogP contribution in [0.25, 0.3) is 11.5 Å². The minimum atomic E-state index is 0.317. The van der Waals surface area contributed by atoms with Gasteiger partial charge in [0, 0.05) is 31.5 Å². The third kappa shape index (κ3) is 3.61. The van der Waals surface area contributed by atoms with Crippen molar-refractivity contribution < 1.29 is 9.15 Å². The predicted octanol–water partition coefficient (Wildman–Crippen LogP) is 1.78. The number of ether oxygens (including phenoxy) is 1. The predicted molar refractivity (Wildman–Crippen MR) is 82.4 cm³/mol. The van der Waals surface area contributed by atoms with Crippen molar-refractivity contribution in [3.8, 4) is 11.5 Å². The summed E-state index contributed by atoms with van der Waals surface area (Å²) in [5.74, 6) is 1.12. The van der Waals surface area contributed by atoms with Crippen LogP contribution in [0.4, 0.5) is 5.69 Å². The van der Waals surface area contributed by atoms with Crippen LogP contribution in [0.5, 0.6) is 0 Å². The van der Waals surface area contributed by atoms with Gasteiger partial charge in [-0.15, -0.1) is 10.2 Å². The minimum absolute atomic E-state index is 0.317. The van der Waals surface area contributed by atoms with E-state index in [1.807, 2.05) is 6.07 Å². The number of hydrogen-bond donors (Lipinski definition) is 1. The van der Waals surface area contributed by atoms with E-state index in [0.717, 1.165) is 37.6 Å². The van der Waals surface area contributed by atoms with Gasteiger partial charge in [0.15, 0.2) is 0 Å². The number of hydrogen-bond acceptors (Lipinski definition) is 7. The van der Waals surface area contributed by atoms with Crippen LogP contribution >= 0.6 is 0 Å². The second kappa shape index (κ2) is 6.85. The van der Waals surface area contributed by atoms with Crippen molar-refractivity contribution in [3.05, 3.63) is 24.4 Å². The van der Waals surface area contributed by atoms with Crippen molar-refractivity contribution in [2.75, 3.05) is 31.6 Å². The molecule has 118 valence electrons. The Labute approximate surface area is 129 Å². The van der Waals surface area contributed by atoms with E-state index in [2.05, 4.69) is 39.2 Å². The van der Waals surface area contributed by atoms with Gasteiger partial charge < -0.3 is 14.5 Å². The first-order valence-corrected chi connectivity index (χ1v) is 7.56. The van der Waals surface area contributed by atoms with Gasteiger partial charge in [-0.05, 0) is 19.9 Å². The van der Waals surface area contributed by atoms with E-state index in [1.165, 1.54) is 0 Å².